The van der Waals surface area contributed by atoms with Crippen LogP contribution >= 0.6 is 0 Å². The van der Waals surface area contributed by atoms with Crippen molar-refractivity contribution >= 4 is 28.6 Å². The average Bonchev–Trinajstić information content (AvgIpc) is 2.74. The summed E-state index contributed by atoms with van der Waals surface area (Å²) in [5, 5.41) is 1.81. The minimum absolute atomic E-state index is 0.0138. The lowest BCUT2D eigenvalue weighted by atomic mass is 9.80. The Morgan fingerprint density at radius 3 is 2.41 bits per heavy atom. The fraction of sp³-hybridized carbons (Fsp3) is 0.458. The lowest BCUT2D eigenvalue weighted by Crippen LogP contribution is -2.42. The van der Waals surface area contributed by atoms with Crippen molar-refractivity contribution in [3.05, 3.63) is 47.0 Å². The fourth-order valence-corrected chi connectivity index (χ4v) is 4.55. The largest absolute Gasteiger partial charge is 0.464 e. The molecule has 0 aromatic heterocycles. The number of hydrogen-bond donors (Lipinski definition) is 0. The summed E-state index contributed by atoms with van der Waals surface area (Å²) < 4.78 is 5.18. The smallest absolute Gasteiger partial charge is 0.308 e. The van der Waals surface area contributed by atoms with Crippen molar-refractivity contribution in [3.8, 4) is 0 Å². The number of imide groups is 1. The minimum atomic E-state index is -0.332. The van der Waals surface area contributed by atoms with E-state index >= 15 is 0 Å². The Bertz CT molecular complexity index is 950. The van der Waals surface area contributed by atoms with Crippen LogP contribution in [0.2, 0.25) is 0 Å². The molecule has 0 radical (unpaired) electrons. The first-order valence-corrected chi connectivity index (χ1v) is 10.6. The summed E-state index contributed by atoms with van der Waals surface area (Å²) in [4.78, 5) is 39.0. The predicted molar refractivity (Wildman–Crippen MR) is 111 cm³/mol. The Labute approximate surface area is 171 Å². The van der Waals surface area contributed by atoms with Gasteiger partial charge >= 0.3 is 5.97 Å². The van der Waals surface area contributed by atoms with E-state index in [0.29, 0.717) is 17.0 Å². The zero-order valence-corrected chi connectivity index (χ0v) is 17.1. The second-order valence-corrected chi connectivity index (χ2v) is 8.35. The van der Waals surface area contributed by atoms with Gasteiger partial charge in [-0.25, -0.2) is 0 Å². The summed E-state index contributed by atoms with van der Waals surface area (Å²) >= 11 is 0. The van der Waals surface area contributed by atoms with E-state index in [1.807, 2.05) is 18.2 Å². The summed E-state index contributed by atoms with van der Waals surface area (Å²) in [6.45, 7) is 3.58. The van der Waals surface area contributed by atoms with E-state index in [1.54, 1.807) is 19.9 Å². The van der Waals surface area contributed by atoms with Gasteiger partial charge in [0.2, 0.25) is 0 Å². The third-order valence-electron chi connectivity index (χ3n) is 6.10. The normalized spacial score (nSPS) is 17.3. The van der Waals surface area contributed by atoms with Gasteiger partial charge in [0.25, 0.3) is 11.8 Å². The number of amides is 2. The van der Waals surface area contributed by atoms with Crippen LogP contribution in [0, 0.1) is 5.92 Å². The van der Waals surface area contributed by atoms with Gasteiger partial charge in [-0.2, -0.15) is 0 Å². The molecule has 0 saturated heterocycles. The topological polar surface area (TPSA) is 63.7 Å². The van der Waals surface area contributed by atoms with E-state index in [-0.39, 0.29) is 36.9 Å². The zero-order valence-electron chi connectivity index (χ0n) is 17.1. The van der Waals surface area contributed by atoms with Crippen LogP contribution in [0.4, 0.5) is 0 Å². The second kappa shape index (κ2) is 7.97. The molecule has 0 unspecified atom stereocenters. The van der Waals surface area contributed by atoms with Crippen LogP contribution in [-0.4, -0.2) is 35.8 Å². The molecule has 2 aromatic rings. The van der Waals surface area contributed by atoms with Gasteiger partial charge in [0.15, 0.2) is 0 Å². The molecule has 4 rings (SSSR count). The van der Waals surface area contributed by atoms with Gasteiger partial charge in [-0.3, -0.25) is 19.3 Å². The van der Waals surface area contributed by atoms with E-state index in [9.17, 15) is 14.4 Å². The van der Waals surface area contributed by atoms with Crippen LogP contribution in [0.3, 0.4) is 0 Å². The first kappa shape index (κ1) is 19.6. The number of nitrogens with zero attached hydrogens (tertiary/aromatic N) is 1. The maximum absolute atomic E-state index is 13.1. The zero-order chi connectivity index (χ0) is 20.5. The molecule has 1 fully saturated rings. The fourth-order valence-electron chi connectivity index (χ4n) is 4.55. The molecule has 29 heavy (non-hydrogen) atoms. The van der Waals surface area contributed by atoms with E-state index in [0.717, 1.165) is 23.6 Å². The Morgan fingerprint density at radius 1 is 1.03 bits per heavy atom. The number of esters is 1. The number of hydrogen-bond acceptors (Lipinski definition) is 4. The SMILES string of the molecule is CC(C)C(=O)OCCN1C(=O)c2cccc3c(C4CCCCC4)ccc(c23)C1=O. The number of carbonyl (C=O) groups is 3. The van der Waals surface area contributed by atoms with Gasteiger partial charge in [-0.1, -0.05) is 51.3 Å². The highest BCUT2D eigenvalue weighted by Gasteiger charge is 2.34. The van der Waals surface area contributed by atoms with Gasteiger partial charge in [0.05, 0.1) is 12.5 Å². The van der Waals surface area contributed by atoms with Crippen LogP contribution in [-0.2, 0) is 9.53 Å². The van der Waals surface area contributed by atoms with Gasteiger partial charge in [0, 0.05) is 16.5 Å². The van der Waals surface area contributed by atoms with E-state index < -0.39 is 0 Å². The van der Waals surface area contributed by atoms with Crippen LogP contribution in [0.5, 0.6) is 0 Å². The summed E-state index contributed by atoms with van der Waals surface area (Å²) in [6.07, 6.45) is 6.07. The minimum Gasteiger partial charge on any atom is -0.464 e. The van der Waals surface area contributed by atoms with E-state index in [4.69, 9.17) is 4.74 Å². The molecule has 0 bridgehead atoms. The second-order valence-electron chi connectivity index (χ2n) is 8.35. The van der Waals surface area contributed by atoms with Crippen molar-refractivity contribution in [2.45, 2.75) is 51.9 Å². The average molecular weight is 393 g/mol. The Hall–Kier alpha value is -2.69. The molecule has 152 valence electrons. The lowest BCUT2D eigenvalue weighted by molar-refractivity contribution is -0.147. The molecule has 1 heterocycles. The highest BCUT2D eigenvalue weighted by atomic mass is 16.5. The maximum Gasteiger partial charge on any atom is 0.308 e. The van der Waals surface area contributed by atoms with Crippen molar-refractivity contribution in [2.75, 3.05) is 13.2 Å². The van der Waals surface area contributed by atoms with Crippen molar-refractivity contribution < 1.29 is 19.1 Å². The predicted octanol–water partition coefficient (Wildman–Crippen LogP) is 4.68. The monoisotopic (exact) mass is 393 g/mol. The summed E-state index contributed by atoms with van der Waals surface area (Å²) in [5.41, 5.74) is 2.38. The van der Waals surface area contributed by atoms with Crippen molar-refractivity contribution in [1.29, 1.82) is 0 Å². The molecule has 2 aliphatic rings. The quantitative estimate of drug-likeness (QED) is 0.546. The highest BCUT2D eigenvalue weighted by molar-refractivity contribution is 6.25. The number of ether oxygens (including phenoxy) is 1. The maximum atomic E-state index is 13.1. The van der Waals surface area contributed by atoms with Crippen molar-refractivity contribution in [2.24, 2.45) is 5.92 Å². The molecule has 1 saturated carbocycles. The first-order chi connectivity index (χ1) is 14.0. The van der Waals surface area contributed by atoms with Crippen LogP contribution in [0.1, 0.15) is 78.1 Å². The number of benzene rings is 2. The Morgan fingerprint density at radius 2 is 1.72 bits per heavy atom. The molecular formula is C24H27NO4. The van der Waals surface area contributed by atoms with Crippen molar-refractivity contribution in [3.63, 3.8) is 0 Å². The Kier molecular flexibility index (Phi) is 5.39. The molecule has 0 atom stereocenters. The van der Waals surface area contributed by atoms with Crippen LogP contribution in [0.15, 0.2) is 30.3 Å². The molecule has 2 aromatic carbocycles. The number of rotatable bonds is 5. The molecule has 0 N–H and O–H groups in total. The van der Waals surface area contributed by atoms with Gasteiger partial charge in [-0.15, -0.1) is 0 Å². The number of carbonyl (C=O) groups excluding carboxylic acids is 3. The molecule has 5 nitrogen and oxygen atoms in total. The van der Waals surface area contributed by atoms with Gasteiger partial charge in [-0.05, 0) is 41.8 Å². The van der Waals surface area contributed by atoms with E-state index in [1.165, 1.54) is 29.7 Å². The summed E-state index contributed by atoms with van der Waals surface area (Å²) in [6, 6.07) is 9.67. The standard InChI is InChI=1S/C24H27NO4/c1-15(2)24(28)29-14-13-25-22(26)19-10-6-9-18-17(16-7-4-3-5-8-16)11-12-20(21(18)19)23(25)27/h6,9-12,15-16H,3-5,7-8,13-14H2,1-2H3. The van der Waals surface area contributed by atoms with Crippen LogP contribution < -0.4 is 0 Å². The Balaban J connectivity index is 1.66. The summed E-state index contributed by atoms with van der Waals surface area (Å²) in [7, 11) is 0. The third-order valence-corrected chi connectivity index (χ3v) is 6.10. The molecule has 0 spiro atoms. The molecule has 1 aliphatic carbocycles. The lowest BCUT2D eigenvalue weighted by Gasteiger charge is -2.29. The third kappa shape index (κ3) is 3.54. The molecule has 5 heteroatoms. The molecular weight excluding hydrogens is 366 g/mol. The van der Waals surface area contributed by atoms with Gasteiger partial charge in [0.1, 0.15) is 6.61 Å². The summed E-state index contributed by atoms with van der Waals surface area (Å²) in [5.74, 6) is -0.701. The molecule has 1 aliphatic heterocycles. The molecule has 2 amide bonds. The van der Waals surface area contributed by atoms with Crippen LogP contribution in [0.25, 0.3) is 10.8 Å². The van der Waals surface area contributed by atoms with Crippen molar-refractivity contribution in [1.82, 2.24) is 4.90 Å². The van der Waals surface area contributed by atoms with E-state index in [2.05, 4.69) is 6.07 Å². The first-order valence-electron chi connectivity index (χ1n) is 10.6. The highest BCUT2D eigenvalue weighted by Crippen LogP contribution is 2.39. The van der Waals surface area contributed by atoms with Gasteiger partial charge < -0.3 is 4.74 Å².